The Labute approximate surface area is 187 Å². The normalized spacial score (nSPS) is 14.1. The molecule has 0 aliphatic carbocycles. The quantitative estimate of drug-likeness (QED) is 0.612. The summed E-state index contributed by atoms with van der Waals surface area (Å²) >= 11 is 5.85. The number of carbonyl (C=O) groups excluding carboxylic acids is 3. The van der Waals surface area contributed by atoms with Gasteiger partial charge in [-0.15, -0.1) is 0 Å². The molecule has 164 valence electrons. The molecule has 1 saturated heterocycles. The maximum atomic E-state index is 12.6. The topological polar surface area (TPSA) is 66.9 Å². The zero-order chi connectivity index (χ0) is 22.2. The first-order valence-electron chi connectivity index (χ1n) is 10.5. The van der Waals surface area contributed by atoms with Crippen molar-refractivity contribution in [2.45, 2.75) is 26.2 Å². The Hall–Kier alpha value is -2.86. The Morgan fingerprint density at radius 1 is 0.839 bits per heavy atom. The van der Waals surface area contributed by atoms with Gasteiger partial charge in [-0.1, -0.05) is 41.4 Å². The van der Waals surface area contributed by atoms with Crippen LogP contribution in [-0.2, 0) is 9.59 Å². The van der Waals surface area contributed by atoms with Crippen LogP contribution in [0.5, 0.6) is 5.75 Å². The molecule has 0 radical (unpaired) electrons. The second kappa shape index (κ2) is 11.0. The van der Waals surface area contributed by atoms with Crippen molar-refractivity contribution in [3.63, 3.8) is 0 Å². The molecule has 7 heteroatoms. The monoisotopic (exact) mass is 442 g/mol. The van der Waals surface area contributed by atoms with Crippen LogP contribution in [0.4, 0.5) is 0 Å². The zero-order valence-electron chi connectivity index (χ0n) is 17.7. The molecule has 2 aromatic rings. The van der Waals surface area contributed by atoms with Gasteiger partial charge in [-0.25, -0.2) is 0 Å². The van der Waals surface area contributed by atoms with Crippen LogP contribution in [0, 0.1) is 6.92 Å². The number of amides is 2. The average molecular weight is 443 g/mol. The minimum absolute atomic E-state index is 0.0284. The van der Waals surface area contributed by atoms with Gasteiger partial charge in [0.25, 0.3) is 5.91 Å². The number of hydrogen-bond acceptors (Lipinski definition) is 4. The molecule has 1 heterocycles. The summed E-state index contributed by atoms with van der Waals surface area (Å²) in [5.74, 6) is 0.396. The molecule has 2 amide bonds. The molecular formula is C24H27ClN2O4. The summed E-state index contributed by atoms with van der Waals surface area (Å²) in [7, 11) is 0. The molecule has 0 unspecified atom stereocenters. The van der Waals surface area contributed by atoms with Crippen molar-refractivity contribution in [3.05, 3.63) is 64.7 Å². The van der Waals surface area contributed by atoms with Crippen LogP contribution in [0.2, 0.25) is 5.02 Å². The van der Waals surface area contributed by atoms with Crippen LogP contribution < -0.4 is 4.74 Å². The highest BCUT2D eigenvalue weighted by atomic mass is 35.5. The van der Waals surface area contributed by atoms with Gasteiger partial charge in [-0.2, -0.15) is 0 Å². The lowest BCUT2D eigenvalue weighted by atomic mass is 10.0. The van der Waals surface area contributed by atoms with Gasteiger partial charge >= 0.3 is 0 Å². The second-order valence-electron chi connectivity index (χ2n) is 7.65. The van der Waals surface area contributed by atoms with Crippen molar-refractivity contribution >= 4 is 29.2 Å². The Morgan fingerprint density at radius 2 is 1.45 bits per heavy atom. The number of nitrogens with zero attached hydrogens (tertiary/aromatic N) is 2. The molecule has 0 atom stereocenters. The van der Waals surface area contributed by atoms with Gasteiger partial charge in [-0.3, -0.25) is 14.4 Å². The van der Waals surface area contributed by atoms with Gasteiger partial charge in [0.1, 0.15) is 5.75 Å². The number of hydrogen-bond donors (Lipinski definition) is 0. The van der Waals surface area contributed by atoms with Crippen LogP contribution in [0.1, 0.15) is 35.2 Å². The molecule has 2 aromatic carbocycles. The van der Waals surface area contributed by atoms with Crippen molar-refractivity contribution in [2.75, 3.05) is 32.8 Å². The standard InChI is InChI=1S/C24H27ClN2O4/c1-18-3-5-19(6-4-18)22(28)11-12-23(29)26-13-2-14-27(16-15-26)24(30)17-31-21-9-7-20(25)8-10-21/h3-10H,2,11-17H2,1H3. The van der Waals surface area contributed by atoms with E-state index in [1.807, 2.05) is 19.1 Å². The Morgan fingerprint density at radius 3 is 2.10 bits per heavy atom. The summed E-state index contributed by atoms with van der Waals surface area (Å²) < 4.78 is 5.54. The van der Waals surface area contributed by atoms with E-state index >= 15 is 0 Å². The first-order chi connectivity index (χ1) is 14.9. The minimum Gasteiger partial charge on any atom is -0.484 e. The number of carbonyl (C=O) groups is 3. The number of rotatable bonds is 7. The molecule has 0 aromatic heterocycles. The van der Waals surface area contributed by atoms with E-state index in [0.29, 0.717) is 48.9 Å². The third kappa shape index (κ3) is 6.82. The van der Waals surface area contributed by atoms with Crippen molar-refractivity contribution in [3.8, 4) is 5.75 Å². The van der Waals surface area contributed by atoms with Crippen molar-refractivity contribution < 1.29 is 19.1 Å². The smallest absolute Gasteiger partial charge is 0.260 e. The fourth-order valence-corrected chi connectivity index (χ4v) is 3.57. The maximum Gasteiger partial charge on any atom is 0.260 e. The fraction of sp³-hybridized carbons (Fsp3) is 0.375. The molecule has 0 N–H and O–H groups in total. The number of halogens is 1. The summed E-state index contributed by atoms with van der Waals surface area (Å²) in [6, 6.07) is 14.2. The number of aryl methyl sites for hydroxylation is 1. The lowest BCUT2D eigenvalue weighted by molar-refractivity contribution is -0.134. The number of Topliss-reactive ketones (excluding diaryl/α,β-unsaturated/α-hetero) is 1. The summed E-state index contributed by atoms with van der Waals surface area (Å²) in [6.45, 7) is 3.99. The SMILES string of the molecule is Cc1ccc(C(=O)CCC(=O)N2CCCN(C(=O)COc3ccc(Cl)cc3)CC2)cc1. The van der Waals surface area contributed by atoms with E-state index in [2.05, 4.69) is 0 Å². The van der Waals surface area contributed by atoms with E-state index in [1.165, 1.54) is 0 Å². The molecule has 0 saturated carbocycles. The third-order valence-electron chi connectivity index (χ3n) is 5.32. The van der Waals surface area contributed by atoms with Gasteiger partial charge in [0.2, 0.25) is 5.91 Å². The highest BCUT2D eigenvalue weighted by Gasteiger charge is 2.22. The third-order valence-corrected chi connectivity index (χ3v) is 5.57. The zero-order valence-corrected chi connectivity index (χ0v) is 18.4. The average Bonchev–Trinajstić information content (AvgIpc) is 3.03. The van der Waals surface area contributed by atoms with Crippen LogP contribution in [-0.4, -0.2) is 60.2 Å². The van der Waals surface area contributed by atoms with Gasteiger partial charge < -0.3 is 14.5 Å². The Bertz CT molecular complexity index is 912. The Balaban J connectivity index is 1.43. The maximum absolute atomic E-state index is 12.6. The van der Waals surface area contributed by atoms with E-state index < -0.39 is 0 Å². The van der Waals surface area contributed by atoms with Crippen molar-refractivity contribution in [1.82, 2.24) is 9.80 Å². The van der Waals surface area contributed by atoms with Crippen molar-refractivity contribution in [1.29, 1.82) is 0 Å². The van der Waals surface area contributed by atoms with Gasteiger partial charge in [-0.05, 0) is 37.6 Å². The summed E-state index contributed by atoms with van der Waals surface area (Å²) in [4.78, 5) is 40.9. The predicted octanol–water partition coefficient (Wildman–Crippen LogP) is 3.75. The van der Waals surface area contributed by atoms with Gasteiger partial charge in [0.15, 0.2) is 12.4 Å². The van der Waals surface area contributed by atoms with E-state index in [9.17, 15) is 14.4 Å². The molecule has 3 rings (SSSR count). The van der Waals surface area contributed by atoms with E-state index in [-0.39, 0.29) is 37.0 Å². The molecule has 1 fully saturated rings. The molecular weight excluding hydrogens is 416 g/mol. The van der Waals surface area contributed by atoms with Crippen LogP contribution in [0.3, 0.4) is 0 Å². The van der Waals surface area contributed by atoms with Crippen LogP contribution >= 0.6 is 11.6 Å². The number of ketones is 1. The highest BCUT2D eigenvalue weighted by molar-refractivity contribution is 6.30. The molecule has 1 aliphatic rings. The van der Waals surface area contributed by atoms with E-state index in [1.54, 1.807) is 46.2 Å². The molecule has 6 nitrogen and oxygen atoms in total. The van der Waals surface area contributed by atoms with Crippen LogP contribution in [0.15, 0.2) is 48.5 Å². The highest BCUT2D eigenvalue weighted by Crippen LogP contribution is 2.16. The van der Waals surface area contributed by atoms with Gasteiger partial charge in [0, 0.05) is 49.6 Å². The van der Waals surface area contributed by atoms with Crippen molar-refractivity contribution in [2.24, 2.45) is 0 Å². The molecule has 1 aliphatic heterocycles. The largest absolute Gasteiger partial charge is 0.484 e. The minimum atomic E-state index is -0.112. The second-order valence-corrected chi connectivity index (χ2v) is 8.08. The Kier molecular flexibility index (Phi) is 8.06. The fourth-order valence-electron chi connectivity index (χ4n) is 3.45. The first kappa shape index (κ1) is 22.8. The predicted molar refractivity (Wildman–Crippen MR) is 119 cm³/mol. The number of ether oxygens (including phenoxy) is 1. The lowest BCUT2D eigenvalue weighted by Crippen LogP contribution is -2.39. The summed E-state index contributed by atoms with van der Waals surface area (Å²) in [5, 5.41) is 0.608. The molecule has 0 spiro atoms. The summed E-state index contributed by atoms with van der Waals surface area (Å²) in [5.41, 5.74) is 1.72. The van der Waals surface area contributed by atoms with Crippen LogP contribution in [0.25, 0.3) is 0 Å². The van der Waals surface area contributed by atoms with E-state index in [0.717, 1.165) is 5.56 Å². The first-order valence-corrected chi connectivity index (χ1v) is 10.8. The summed E-state index contributed by atoms with van der Waals surface area (Å²) in [6.07, 6.45) is 1.07. The number of benzene rings is 2. The van der Waals surface area contributed by atoms with E-state index in [4.69, 9.17) is 16.3 Å². The molecule has 31 heavy (non-hydrogen) atoms. The van der Waals surface area contributed by atoms with Gasteiger partial charge in [0.05, 0.1) is 0 Å². The molecule has 0 bridgehead atoms. The lowest BCUT2D eigenvalue weighted by Gasteiger charge is -2.22.